The highest BCUT2D eigenvalue weighted by atomic mass is 16.4. The highest BCUT2D eigenvalue weighted by Gasteiger charge is 1.95. The monoisotopic (exact) mass is 327 g/mol. The lowest BCUT2D eigenvalue weighted by Gasteiger charge is -1.95. The van der Waals surface area contributed by atoms with Crippen molar-refractivity contribution in [2.75, 3.05) is 6.54 Å². The van der Waals surface area contributed by atoms with Crippen LogP contribution in [0.2, 0.25) is 0 Å². The largest absolute Gasteiger partial charge is 0.481 e. The van der Waals surface area contributed by atoms with Gasteiger partial charge >= 0.3 is 5.97 Å². The van der Waals surface area contributed by atoms with E-state index >= 15 is 0 Å². The molecule has 126 valence electrons. The number of aldehydes is 1. The van der Waals surface area contributed by atoms with Crippen molar-refractivity contribution in [3.63, 3.8) is 0 Å². The third-order valence-corrected chi connectivity index (χ3v) is 2.97. The molecule has 0 spiro atoms. The zero-order chi connectivity index (χ0) is 17.5. The van der Waals surface area contributed by atoms with Crippen molar-refractivity contribution in [1.82, 2.24) is 9.97 Å². The molecule has 6 heteroatoms. The fourth-order valence-electron chi connectivity index (χ4n) is 1.72. The van der Waals surface area contributed by atoms with Crippen LogP contribution in [-0.4, -0.2) is 40.1 Å². The summed E-state index contributed by atoms with van der Waals surface area (Å²) in [6.07, 6.45) is 12.1. The molecule has 0 radical (unpaired) electrons. The number of carbonyl (C=O) groups excluding carboxylic acids is 1. The Morgan fingerprint density at radius 3 is 2.04 bits per heavy atom. The molecule has 0 fully saturated rings. The highest BCUT2D eigenvalue weighted by Crippen LogP contribution is 2.00. The lowest BCUT2D eigenvalue weighted by molar-refractivity contribution is -0.137. The van der Waals surface area contributed by atoms with Gasteiger partial charge in [-0.15, -0.1) is 0 Å². The van der Waals surface area contributed by atoms with Crippen LogP contribution in [0.3, 0.4) is 0 Å². The predicted octanol–water partition coefficient (Wildman–Crippen LogP) is 3.04. The summed E-state index contributed by atoms with van der Waals surface area (Å²) < 4.78 is 0. The van der Waals surface area contributed by atoms with Gasteiger partial charge in [0, 0.05) is 49.5 Å². The maximum atomic E-state index is 10.2. The van der Waals surface area contributed by atoms with E-state index in [1.807, 2.05) is 18.3 Å². The Hall–Kier alpha value is -2.89. The summed E-state index contributed by atoms with van der Waals surface area (Å²) in [6, 6.07) is 7.11. The maximum Gasteiger partial charge on any atom is 0.303 e. The number of carbonyl (C=O) groups is 2. The van der Waals surface area contributed by atoms with Crippen LogP contribution >= 0.6 is 0 Å². The molecule has 0 aromatic carbocycles. The summed E-state index contributed by atoms with van der Waals surface area (Å²) in [7, 11) is 0. The quantitative estimate of drug-likeness (QED) is 0.457. The van der Waals surface area contributed by atoms with Gasteiger partial charge in [0.25, 0.3) is 0 Å². The molecule has 0 atom stereocenters. The highest BCUT2D eigenvalue weighted by molar-refractivity contribution is 5.79. The van der Waals surface area contributed by atoms with Gasteiger partial charge in [0.2, 0.25) is 0 Å². The molecule has 24 heavy (non-hydrogen) atoms. The Labute approximate surface area is 141 Å². The predicted molar refractivity (Wildman–Crippen MR) is 92.4 cm³/mol. The third kappa shape index (κ3) is 9.94. The Kier molecular flexibility index (Phi) is 10.1. The summed E-state index contributed by atoms with van der Waals surface area (Å²) >= 11 is 0. The molecule has 0 aliphatic rings. The molecule has 2 rings (SSSR count). The molecule has 0 bridgehead atoms. The standard InChI is InChI=1S/C12H16N2O2.C6H5NO/c15-12(16)4-2-1-3-7-14-10-11-5-8-13-9-6-11;8-5-6-1-3-7-4-2-6/h5-6,8-10H,1-4,7H2,(H,15,16);1-5H. The first-order valence-electron chi connectivity index (χ1n) is 7.69. The molecule has 2 aromatic heterocycles. The van der Waals surface area contributed by atoms with Gasteiger partial charge < -0.3 is 5.11 Å². The number of rotatable bonds is 8. The molecule has 0 amide bonds. The van der Waals surface area contributed by atoms with E-state index < -0.39 is 5.97 Å². The van der Waals surface area contributed by atoms with Crippen LogP contribution in [0.1, 0.15) is 41.6 Å². The topological polar surface area (TPSA) is 92.5 Å². The second-order valence-corrected chi connectivity index (χ2v) is 4.92. The Balaban J connectivity index is 0.000000300. The molecule has 1 N–H and O–H groups in total. The van der Waals surface area contributed by atoms with Crippen molar-refractivity contribution in [3.05, 3.63) is 60.2 Å². The minimum Gasteiger partial charge on any atom is -0.481 e. The lowest BCUT2D eigenvalue weighted by atomic mass is 10.2. The number of aromatic nitrogens is 2. The van der Waals surface area contributed by atoms with Crippen LogP contribution in [0.25, 0.3) is 0 Å². The van der Waals surface area contributed by atoms with E-state index in [-0.39, 0.29) is 6.42 Å². The van der Waals surface area contributed by atoms with Gasteiger partial charge in [0.05, 0.1) is 0 Å². The van der Waals surface area contributed by atoms with E-state index in [1.54, 1.807) is 36.9 Å². The number of unbranched alkanes of at least 4 members (excludes halogenated alkanes) is 2. The average molecular weight is 327 g/mol. The first-order valence-corrected chi connectivity index (χ1v) is 7.69. The molecule has 0 aliphatic carbocycles. The lowest BCUT2D eigenvalue weighted by Crippen LogP contribution is -1.94. The number of carboxylic acids is 1. The first-order chi connectivity index (χ1) is 11.7. The fourth-order valence-corrected chi connectivity index (χ4v) is 1.72. The van der Waals surface area contributed by atoms with Crippen LogP contribution in [0, 0.1) is 0 Å². The molecule has 6 nitrogen and oxygen atoms in total. The van der Waals surface area contributed by atoms with Gasteiger partial charge in [-0.25, -0.2) is 0 Å². The summed E-state index contributed by atoms with van der Waals surface area (Å²) in [5, 5.41) is 8.43. The van der Waals surface area contributed by atoms with Gasteiger partial charge in [0.15, 0.2) is 0 Å². The van der Waals surface area contributed by atoms with Crippen molar-refractivity contribution < 1.29 is 14.7 Å². The van der Waals surface area contributed by atoms with Crippen molar-refractivity contribution in [2.45, 2.75) is 25.7 Å². The van der Waals surface area contributed by atoms with Crippen molar-refractivity contribution >= 4 is 18.5 Å². The summed E-state index contributed by atoms with van der Waals surface area (Å²) in [6.45, 7) is 0.752. The zero-order valence-corrected chi connectivity index (χ0v) is 13.4. The first kappa shape index (κ1) is 19.2. The third-order valence-electron chi connectivity index (χ3n) is 2.97. The second kappa shape index (κ2) is 12.6. The van der Waals surface area contributed by atoms with E-state index in [9.17, 15) is 9.59 Å². The number of aliphatic carboxylic acids is 1. The number of nitrogens with zero attached hydrogens (tertiary/aromatic N) is 3. The number of pyridine rings is 2. The summed E-state index contributed by atoms with van der Waals surface area (Å²) in [5.74, 6) is -0.722. The minimum absolute atomic E-state index is 0.258. The van der Waals surface area contributed by atoms with E-state index in [4.69, 9.17) is 5.11 Å². The molecule has 2 heterocycles. The Morgan fingerprint density at radius 1 is 0.958 bits per heavy atom. The number of hydrogen-bond donors (Lipinski definition) is 1. The van der Waals surface area contributed by atoms with Crippen LogP contribution in [0.4, 0.5) is 0 Å². The maximum absolute atomic E-state index is 10.2. The normalized spacial score (nSPS) is 10.0. The van der Waals surface area contributed by atoms with Gasteiger partial charge in [-0.3, -0.25) is 24.5 Å². The smallest absolute Gasteiger partial charge is 0.303 e. The van der Waals surface area contributed by atoms with Crippen LogP contribution in [-0.2, 0) is 4.79 Å². The molecule has 0 unspecified atom stereocenters. The molecule has 2 aromatic rings. The molecule has 0 saturated heterocycles. The van der Waals surface area contributed by atoms with Crippen LogP contribution in [0.5, 0.6) is 0 Å². The van der Waals surface area contributed by atoms with Gasteiger partial charge in [0.1, 0.15) is 6.29 Å². The average Bonchev–Trinajstić information content (AvgIpc) is 2.63. The SMILES string of the molecule is O=C(O)CCCCCN=Cc1ccncc1.O=Cc1ccncc1. The number of hydrogen-bond acceptors (Lipinski definition) is 5. The van der Waals surface area contributed by atoms with Crippen LogP contribution in [0.15, 0.2) is 54.0 Å². The van der Waals surface area contributed by atoms with E-state index in [0.717, 1.165) is 37.7 Å². The van der Waals surface area contributed by atoms with Crippen LogP contribution < -0.4 is 0 Å². The number of carboxylic acid groups (broad SMARTS) is 1. The molecule has 0 saturated carbocycles. The van der Waals surface area contributed by atoms with Crippen molar-refractivity contribution in [1.29, 1.82) is 0 Å². The van der Waals surface area contributed by atoms with Gasteiger partial charge in [-0.05, 0) is 42.7 Å². The summed E-state index contributed by atoms with van der Waals surface area (Å²) in [5.41, 5.74) is 1.71. The summed E-state index contributed by atoms with van der Waals surface area (Å²) in [4.78, 5) is 32.1. The fraction of sp³-hybridized carbons (Fsp3) is 0.278. The zero-order valence-electron chi connectivity index (χ0n) is 13.4. The van der Waals surface area contributed by atoms with Crippen molar-refractivity contribution in [3.8, 4) is 0 Å². The van der Waals surface area contributed by atoms with Gasteiger partial charge in [-0.1, -0.05) is 6.42 Å². The number of aliphatic imine (C=N–C) groups is 1. The van der Waals surface area contributed by atoms with E-state index in [1.165, 1.54) is 0 Å². The van der Waals surface area contributed by atoms with E-state index in [0.29, 0.717) is 5.56 Å². The molecular weight excluding hydrogens is 306 g/mol. The van der Waals surface area contributed by atoms with Crippen molar-refractivity contribution in [2.24, 2.45) is 4.99 Å². The van der Waals surface area contributed by atoms with Gasteiger partial charge in [-0.2, -0.15) is 0 Å². The Morgan fingerprint density at radius 2 is 1.54 bits per heavy atom. The molecule has 0 aliphatic heterocycles. The molecular formula is C18H21N3O3. The minimum atomic E-state index is -0.722. The van der Waals surface area contributed by atoms with E-state index in [2.05, 4.69) is 15.0 Å². The Bertz CT molecular complexity index is 616. The second-order valence-electron chi connectivity index (χ2n) is 4.92.